The second-order valence-corrected chi connectivity index (χ2v) is 11.2. The summed E-state index contributed by atoms with van der Waals surface area (Å²) in [4.78, 5) is 30.4. The molecule has 4 aliphatic rings. The molecule has 1 N–H and O–H groups in total. The fourth-order valence-corrected chi connectivity index (χ4v) is 7.41. The number of pyridine rings is 2. The number of nitrogens with one attached hydrogen (secondary N) is 1. The molecule has 0 amide bonds. The number of fused-ring (bicyclic) bond motifs is 9. The van der Waals surface area contributed by atoms with Gasteiger partial charge in [-0.2, -0.15) is 0 Å². The minimum Gasteiger partial charge on any atom is -0.468 e. The second-order valence-electron chi connectivity index (χ2n) is 10.2. The van der Waals surface area contributed by atoms with E-state index in [1.54, 1.807) is 24.0 Å². The summed E-state index contributed by atoms with van der Waals surface area (Å²) in [7, 11) is 2.10. The lowest BCUT2D eigenvalue weighted by molar-refractivity contribution is 0.270. The number of rotatable bonds is 2. The van der Waals surface area contributed by atoms with Crippen LogP contribution in [-0.2, 0) is 6.54 Å². The number of aromatic nitrogens is 5. The van der Waals surface area contributed by atoms with Gasteiger partial charge < -0.3 is 15.0 Å². The van der Waals surface area contributed by atoms with Gasteiger partial charge in [0.2, 0.25) is 5.88 Å². The average molecular weight is 544 g/mol. The van der Waals surface area contributed by atoms with Crippen LogP contribution in [0.25, 0.3) is 32.4 Å². The fraction of sp³-hybridized carbons (Fsp3) is 0.172. The van der Waals surface area contributed by atoms with E-state index in [0.717, 1.165) is 72.1 Å². The minimum absolute atomic E-state index is 0.0631. The standard InChI is InChI=1S/C29H21N9OS/c1-37-7-6-34-29-24(37)23-16(2-5-33-28(23)40-29)17-8-15(9-18-21-12-32-14-36-27(21)39-25(17)18)38-22-3-4-30-10-19(22)20-11-31-13-35-26(20)38/h2-6,8-10,12-14,18,25H,7,11H2,1H3,(H,31,35). The van der Waals surface area contributed by atoms with Gasteiger partial charge in [0.05, 0.1) is 36.6 Å². The van der Waals surface area contributed by atoms with E-state index in [9.17, 15) is 0 Å². The van der Waals surface area contributed by atoms with Crippen molar-refractivity contribution in [2.75, 3.05) is 23.8 Å². The summed E-state index contributed by atoms with van der Waals surface area (Å²) < 4.78 is 8.83. The van der Waals surface area contributed by atoms with E-state index in [1.807, 2.05) is 31.0 Å². The molecule has 0 radical (unpaired) electrons. The van der Waals surface area contributed by atoms with Crippen molar-refractivity contribution in [3.05, 3.63) is 72.1 Å². The maximum absolute atomic E-state index is 6.56. The number of anilines is 2. The monoisotopic (exact) mass is 543 g/mol. The molecule has 5 aromatic rings. The summed E-state index contributed by atoms with van der Waals surface area (Å²) in [5.41, 5.74) is 7.51. The van der Waals surface area contributed by atoms with Crippen LogP contribution in [-0.4, -0.2) is 56.8 Å². The summed E-state index contributed by atoms with van der Waals surface area (Å²) in [5.74, 6) is 1.57. The highest BCUT2D eigenvalue weighted by Crippen LogP contribution is 2.52. The van der Waals surface area contributed by atoms with Gasteiger partial charge in [-0.15, -0.1) is 0 Å². The SMILES string of the molecule is CN1CC=Nc2sc3nccc(C4=CC(n5c6c(c7cnccc75)CN=CN6)=CC5c6cncnc6OC45)c3c21. The van der Waals surface area contributed by atoms with Crippen molar-refractivity contribution in [3.63, 3.8) is 0 Å². The van der Waals surface area contributed by atoms with E-state index >= 15 is 0 Å². The molecule has 2 unspecified atom stereocenters. The topological polar surface area (TPSA) is 106 Å². The normalized spacial score (nSPS) is 20.4. The maximum Gasteiger partial charge on any atom is 0.221 e. The van der Waals surface area contributed by atoms with Crippen molar-refractivity contribution in [1.29, 1.82) is 0 Å². The van der Waals surface area contributed by atoms with Gasteiger partial charge in [-0.25, -0.2) is 19.9 Å². The van der Waals surface area contributed by atoms with Gasteiger partial charge in [-0.3, -0.25) is 14.5 Å². The van der Waals surface area contributed by atoms with Crippen molar-refractivity contribution >= 4 is 72.8 Å². The van der Waals surface area contributed by atoms with Crippen LogP contribution in [0, 0.1) is 0 Å². The molecule has 194 valence electrons. The van der Waals surface area contributed by atoms with Gasteiger partial charge in [-0.1, -0.05) is 11.3 Å². The lowest BCUT2D eigenvalue weighted by Crippen LogP contribution is -2.25. The number of allylic oxidation sites excluding steroid dienone is 2. The van der Waals surface area contributed by atoms with Gasteiger partial charge in [0.1, 0.15) is 28.1 Å². The van der Waals surface area contributed by atoms with Gasteiger partial charge in [0, 0.05) is 71.2 Å². The molecule has 0 saturated heterocycles. The fourth-order valence-electron chi connectivity index (χ4n) is 6.33. The van der Waals surface area contributed by atoms with E-state index < -0.39 is 0 Å². The Hall–Kier alpha value is -4.90. The van der Waals surface area contributed by atoms with Gasteiger partial charge >= 0.3 is 0 Å². The van der Waals surface area contributed by atoms with Crippen molar-refractivity contribution in [3.8, 4) is 5.88 Å². The van der Waals surface area contributed by atoms with Crippen molar-refractivity contribution < 1.29 is 4.74 Å². The number of ether oxygens (including phenoxy) is 1. The smallest absolute Gasteiger partial charge is 0.221 e. The molecule has 10 nitrogen and oxygen atoms in total. The molecule has 9 rings (SSSR count). The summed E-state index contributed by atoms with van der Waals surface area (Å²) in [6.45, 7) is 1.36. The summed E-state index contributed by atoms with van der Waals surface area (Å²) in [6.07, 6.45) is 17.1. The van der Waals surface area contributed by atoms with Crippen LogP contribution in [0.3, 0.4) is 0 Å². The molecule has 0 fully saturated rings. The first-order chi connectivity index (χ1) is 19.8. The first kappa shape index (κ1) is 22.0. The van der Waals surface area contributed by atoms with Crippen molar-refractivity contribution in [1.82, 2.24) is 24.5 Å². The van der Waals surface area contributed by atoms with Crippen molar-refractivity contribution in [2.24, 2.45) is 9.98 Å². The summed E-state index contributed by atoms with van der Waals surface area (Å²) in [6, 6.07) is 4.16. The third-order valence-electron chi connectivity index (χ3n) is 8.07. The highest BCUT2D eigenvalue weighted by molar-refractivity contribution is 7.23. The zero-order valence-electron chi connectivity index (χ0n) is 21.3. The van der Waals surface area contributed by atoms with E-state index in [-0.39, 0.29) is 12.0 Å². The van der Waals surface area contributed by atoms with Crippen LogP contribution in [0.1, 0.15) is 22.6 Å². The average Bonchev–Trinajstić information content (AvgIpc) is 3.67. The predicted octanol–water partition coefficient (Wildman–Crippen LogP) is 5.02. The highest BCUT2D eigenvalue weighted by atomic mass is 32.1. The molecular formula is C29H21N9OS. The van der Waals surface area contributed by atoms with Crippen LogP contribution >= 0.6 is 11.3 Å². The Morgan fingerprint density at radius 1 is 1.12 bits per heavy atom. The van der Waals surface area contributed by atoms with E-state index in [2.05, 4.69) is 66.1 Å². The third-order valence-corrected chi connectivity index (χ3v) is 9.06. The zero-order chi connectivity index (χ0) is 26.4. The van der Waals surface area contributed by atoms with Crippen molar-refractivity contribution in [2.45, 2.75) is 18.6 Å². The Balaban J connectivity index is 1.33. The largest absolute Gasteiger partial charge is 0.468 e. The van der Waals surface area contributed by atoms with Gasteiger partial charge in [-0.05, 0) is 29.8 Å². The Labute approximate surface area is 232 Å². The molecule has 5 aromatic heterocycles. The zero-order valence-corrected chi connectivity index (χ0v) is 22.1. The van der Waals surface area contributed by atoms with Crippen LogP contribution in [0.4, 0.5) is 16.5 Å². The molecule has 1 aliphatic carbocycles. The number of hydrogen-bond acceptors (Lipinski definition) is 10. The highest BCUT2D eigenvalue weighted by Gasteiger charge is 2.41. The third kappa shape index (κ3) is 2.92. The van der Waals surface area contributed by atoms with Crippen LogP contribution in [0.5, 0.6) is 5.88 Å². The first-order valence-corrected chi connectivity index (χ1v) is 13.9. The molecule has 3 aliphatic heterocycles. The van der Waals surface area contributed by atoms with Gasteiger partial charge in [0.15, 0.2) is 0 Å². The Kier molecular flexibility index (Phi) is 4.43. The molecule has 0 spiro atoms. The Morgan fingerprint density at radius 3 is 3.08 bits per heavy atom. The second kappa shape index (κ2) is 8.06. The molecule has 0 saturated carbocycles. The number of nitrogens with zero attached hydrogens (tertiary/aromatic N) is 8. The lowest BCUT2D eigenvalue weighted by Gasteiger charge is -2.28. The van der Waals surface area contributed by atoms with Crippen LogP contribution < -0.4 is 15.0 Å². The van der Waals surface area contributed by atoms with E-state index in [4.69, 9.17) is 14.7 Å². The van der Waals surface area contributed by atoms with Gasteiger partial charge in [0.25, 0.3) is 0 Å². The van der Waals surface area contributed by atoms with Crippen LogP contribution in [0.2, 0.25) is 0 Å². The Morgan fingerprint density at radius 2 is 2.10 bits per heavy atom. The Bertz CT molecular complexity index is 2020. The molecule has 40 heavy (non-hydrogen) atoms. The predicted molar refractivity (Wildman–Crippen MR) is 158 cm³/mol. The molecule has 2 atom stereocenters. The van der Waals surface area contributed by atoms with Crippen LogP contribution in [0.15, 0.2) is 65.4 Å². The number of thiophene rings is 1. The molecule has 0 aromatic carbocycles. The quantitative estimate of drug-likeness (QED) is 0.333. The van der Waals surface area contributed by atoms with E-state index in [1.165, 1.54) is 0 Å². The first-order valence-electron chi connectivity index (χ1n) is 13.0. The number of hydrogen-bond donors (Lipinski definition) is 1. The molecule has 0 bridgehead atoms. The number of aliphatic imine (C=N–C) groups is 2. The summed E-state index contributed by atoms with van der Waals surface area (Å²) >= 11 is 1.62. The molecule has 11 heteroatoms. The van der Waals surface area contributed by atoms with E-state index in [0.29, 0.717) is 12.4 Å². The maximum atomic E-state index is 6.56. The minimum atomic E-state index is -0.247. The summed E-state index contributed by atoms with van der Waals surface area (Å²) in [5, 5.41) is 6.58. The molecule has 8 heterocycles. The lowest BCUT2D eigenvalue weighted by atomic mass is 9.83. The molecular weight excluding hydrogens is 522 g/mol.